The van der Waals surface area contributed by atoms with Crippen LogP contribution in [0.5, 0.6) is 0 Å². The minimum absolute atomic E-state index is 0.0429. The van der Waals surface area contributed by atoms with Gasteiger partial charge in [0.25, 0.3) is 11.6 Å². The Morgan fingerprint density at radius 1 is 1.04 bits per heavy atom. The summed E-state index contributed by atoms with van der Waals surface area (Å²) in [5, 5.41) is 22.1. The van der Waals surface area contributed by atoms with Crippen molar-refractivity contribution >= 4 is 46.5 Å². The number of carboxylic acids is 1. The third-order valence-electron chi connectivity index (χ3n) is 2.86. The normalized spacial score (nSPS) is 10.2. The lowest BCUT2D eigenvalue weighted by Gasteiger charge is -2.08. The number of anilines is 1. The van der Waals surface area contributed by atoms with Crippen molar-refractivity contribution in [2.24, 2.45) is 0 Å². The number of hydrogen-bond acceptors (Lipinski definition) is 4. The van der Waals surface area contributed by atoms with Crippen LogP contribution in [0.15, 0.2) is 36.4 Å². The lowest BCUT2D eigenvalue weighted by Crippen LogP contribution is -2.13. The van der Waals surface area contributed by atoms with E-state index in [0.717, 1.165) is 6.07 Å². The molecule has 0 unspecified atom stereocenters. The molecule has 0 aliphatic rings. The fourth-order valence-corrected chi connectivity index (χ4v) is 2.23. The monoisotopic (exact) mass is 354 g/mol. The number of nitro benzene ring substituents is 1. The van der Waals surface area contributed by atoms with E-state index in [9.17, 15) is 19.7 Å². The van der Waals surface area contributed by atoms with Gasteiger partial charge in [-0.15, -0.1) is 0 Å². The number of carbonyl (C=O) groups is 2. The van der Waals surface area contributed by atoms with E-state index >= 15 is 0 Å². The summed E-state index contributed by atoms with van der Waals surface area (Å²) >= 11 is 11.7. The second-order valence-electron chi connectivity index (χ2n) is 4.38. The summed E-state index contributed by atoms with van der Waals surface area (Å²) < 4.78 is 0. The molecule has 0 saturated carbocycles. The van der Waals surface area contributed by atoms with E-state index in [-0.39, 0.29) is 32.5 Å². The first-order chi connectivity index (χ1) is 10.8. The van der Waals surface area contributed by atoms with Crippen molar-refractivity contribution < 1.29 is 19.6 Å². The molecule has 2 rings (SSSR count). The number of aromatic carboxylic acids is 1. The Kier molecular flexibility index (Phi) is 4.83. The fraction of sp³-hybridized carbons (Fsp3) is 0. The van der Waals surface area contributed by atoms with Crippen molar-refractivity contribution in [3.8, 4) is 0 Å². The third-order valence-corrected chi connectivity index (χ3v) is 3.51. The van der Waals surface area contributed by atoms with Gasteiger partial charge in [-0.3, -0.25) is 14.9 Å². The Morgan fingerprint density at radius 3 is 2.30 bits per heavy atom. The summed E-state index contributed by atoms with van der Waals surface area (Å²) in [5.74, 6) is -1.88. The SMILES string of the molecule is O=C(O)c1ccc(NC(=O)c2cc([N+](=O)[O-])ccc2Cl)cc1Cl. The molecule has 7 nitrogen and oxygen atoms in total. The Labute approximate surface area is 139 Å². The molecule has 0 fully saturated rings. The number of hydrogen-bond donors (Lipinski definition) is 2. The molecule has 0 aromatic heterocycles. The van der Waals surface area contributed by atoms with Crippen molar-refractivity contribution in [1.82, 2.24) is 0 Å². The average Bonchev–Trinajstić information content (AvgIpc) is 2.46. The van der Waals surface area contributed by atoms with Gasteiger partial charge in [0.2, 0.25) is 0 Å². The highest BCUT2D eigenvalue weighted by Crippen LogP contribution is 2.25. The Morgan fingerprint density at radius 2 is 1.74 bits per heavy atom. The van der Waals surface area contributed by atoms with Crippen molar-refractivity contribution in [2.45, 2.75) is 0 Å². The summed E-state index contributed by atoms with van der Waals surface area (Å²) in [7, 11) is 0. The van der Waals surface area contributed by atoms with Crippen LogP contribution in [0.25, 0.3) is 0 Å². The predicted octanol–water partition coefficient (Wildman–Crippen LogP) is 3.85. The number of benzene rings is 2. The summed E-state index contributed by atoms with van der Waals surface area (Å²) in [4.78, 5) is 33.1. The molecule has 0 aliphatic heterocycles. The van der Waals surface area contributed by atoms with E-state index in [1.54, 1.807) is 0 Å². The van der Waals surface area contributed by atoms with Crippen LogP contribution in [0, 0.1) is 10.1 Å². The van der Waals surface area contributed by atoms with Gasteiger partial charge in [0.1, 0.15) is 0 Å². The van der Waals surface area contributed by atoms with E-state index in [1.807, 2.05) is 0 Å². The number of non-ortho nitro benzene ring substituents is 1. The largest absolute Gasteiger partial charge is 0.478 e. The van der Waals surface area contributed by atoms with E-state index in [4.69, 9.17) is 28.3 Å². The Balaban J connectivity index is 2.29. The van der Waals surface area contributed by atoms with Crippen molar-refractivity contribution in [3.05, 3.63) is 67.7 Å². The number of rotatable bonds is 4. The number of carbonyl (C=O) groups excluding carboxylic acids is 1. The van der Waals surface area contributed by atoms with Crippen LogP contribution in [0.3, 0.4) is 0 Å². The van der Waals surface area contributed by atoms with Crippen molar-refractivity contribution in [1.29, 1.82) is 0 Å². The zero-order valence-corrected chi connectivity index (χ0v) is 12.8. The minimum Gasteiger partial charge on any atom is -0.478 e. The van der Waals surface area contributed by atoms with Gasteiger partial charge in [-0.1, -0.05) is 23.2 Å². The second kappa shape index (κ2) is 6.64. The first kappa shape index (κ1) is 16.7. The third kappa shape index (κ3) is 3.77. The van der Waals surface area contributed by atoms with Gasteiger partial charge < -0.3 is 10.4 Å². The topological polar surface area (TPSA) is 110 Å². The standard InChI is InChI=1S/C14H8Cl2N2O5/c15-11-4-2-8(18(22)23)6-10(11)13(19)17-7-1-3-9(14(20)21)12(16)5-7/h1-6H,(H,17,19)(H,20,21). The van der Waals surface area contributed by atoms with Gasteiger partial charge in [0.15, 0.2) is 0 Å². The van der Waals surface area contributed by atoms with Crippen LogP contribution in [0.2, 0.25) is 10.0 Å². The summed E-state index contributed by atoms with van der Waals surface area (Å²) in [6.45, 7) is 0. The zero-order valence-electron chi connectivity index (χ0n) is 11.2. The maximum atomic E-state index is 12.2. The molecule has 0 radical (unpaired) electrons. The molecule has 0 heterocycles. The molecule has 2 N–H and O–H groups in total. The number of nitrogens with zero attached hydrogens (tertiary/aromatic N) is 1. The Hall–Kier alpha value is -2.64. The van der Waals surface area contributed by atoms with Crippen LogP contribution < -0.4 is 5.32 Å². The number of amides is 1. The number of nitro groups is 1. The molecule has 23 heavy (non-hydrogen) atoms. The quantitative estimate of drug-likeness (QED) is 0.639. The number of nitrogens with one attached hydrogen (secondary N) is 1. The number of halogens is 2. The molecular formula is C14H8Cl2N2O5. The molecule has 9 heteroatoms. The molecule has 2 aromatic carbocycles. The summed E-state index contributed by atoms with van der Waals surface area (Å²) in [6.07, 6.45) is 0. The summed E-state index contributed by atoms with van der Waals surface area (Å²) in [6, 6.07) is 7.31. The molecule has 0 bridgehead atoms. The van der Waals surface area contributed by atoms with Gasteiger partial charge in [-0.25, -0.2) is 4.79 Å². The molecule has 2 aromatic rings. The lowest BCUT2D eigenvalue weighted by molar-refractivity contribution is -0.384. The summed E-state index contributed by atoms with van der Waals surface area (Å²) in [5.41, 5.74) is -0.247. The highest BCUT2D eigenvalue weighted by Gasteiger charge is 2.17. The van der Waals surface area contributed by atoms with Crippen molar-refractivity contribution in [2.75, 3.05) is 5.32 Å². The fourth-order valence-electron chi connectivity index (χ4n) is 1.77. The molecule has 0 aliphatic carbocycles. The Bertz CT molecular complexity index is 823. The zero-order chi connectivity index (χ0) is 17.1. The van der Waals surface area contributed by atoms with Crippen LogP contribution in [0.1, 0.15) is 20.7 Å². The van der Waals surface area contributed by atoms with E-state index in [1.165, 1.54) is 30.3 Å². The van der Waals surface area contributed by atoms with Gasteiger partial charge in [-0.2, -0.15) is 0 Å². The smallest absolute Gasteiger partial charge is 0.337 e. The molecule has 0 saturated heterocycles. The van der Waals surface area contributed by atoms with Gasteiger partial charge in [0, 0.05) is 17.8 Å². The van der Waals surface area contributed by atoms with Crippen LogP contribution in [0.4, 0.5) is 11.4 Å². The molecule has 1 amide bonds. The molecule has 118 valence electrons. The van der Waals surface area contributed by atoms with Crippen LogP contribution in [-0.4, -0.2) is 21.9 Å². The van der Waals surface area contributed by atoms with Crippen LogP contribution in [-0.2, 0) is 0 Å². The maximum Gasteiger partial charge on any atom is 0.337 e. The first-order valence-corrected chi connectivity index (χ1v) is 6.83. The first-order valence-electron chi connectivity index (χ1n) is 6.07. The minimum atomic E-state index is -1.20. The van der Waals surface area contributed by atoms with Gasteiger partial charge >= 0.3 is 5.97 Å². The van der Waals surface area contributed by atoms with Gasteiger partial charge in [0.05, 0.1) is 26.1 Å². The van der Waals surface area contributed by atoms with Crippen LogP contribution >= 0.6 is 23.2 Å². The molecular weight excluding hydrogens is 347 g/mol. The predicted molar refractivity (Wildman–Crippen MR) is 84.5 cm³/mol. The lowest BCUT2D eigenvalue weighted by atomic mass is 10.1. The van der Waals surface area contributed by atoms with E-state index < -0.39 is 16.8 Å². The highest BCUT2D eigenvalue weighted by atomic mass is 35.5. The maximum absolute atomic E-state index is 12.2. The van der Waals surface area contributed by atoms with E-state index in [2.05, 4.69) is 5.32 Å². The number of carboxylic acid groups (broad SMARTS) is 1. The molecule has 0 spiro atoms. The second-order valence-corrected chi connectivity index (χ2v) is 5.19. The highest BCUT2D eigenvalue weighted by molar-refractivity contribution is 6.35. The molecule has 0 atom stereocenters. The average molecular weight is 355 g/mol. The van der Waals surface area contributed by atoms with E-state index in [0.29, 0.717) is 0 Å². The van der Waals surface area contributed by atoms with Gasteiger partial charge in [-0.05, 0) is 24.3 Å². The van der Waals surface area contributed by atoms with Crippen molar-refractivity contribution in [3.63, 3.8) is 0 Å².